The normalized spacial score (nSPS) is 14.9. The minimum Gasteiger partial charge on any atom is -0.480 e. The third-order valence-electron chi connectivity index (χ3n) is 13.6. The molecule has 3 aromatic carbocycles. The van der Waals surface area contributed by atoms with Crippen LogP contribution in [0.25, 0.3) is 22.6 Å². The highest BCUT2D eigenvalue weighted by Gasteiger charge is 2.38. The molecule has 4 heterocycles. The number of carbonyl (C=O) groups excluding carboxylic acids is 7. The maximum atomic E-state index is 13.9. The van der Waals surface area contributed by atoms with Gasteiger partial charge in [-0.05, 0) is 42.3 Å². The Balaban J connectivity index is 0.703. The van der Waals surface area contributed by atoms with Crippen LogP contribution in [0.5, 0.6) is 0 Å². The fourth-order valence-corrected chi connectivity index (χ4v) is 10.2. The number of aromatic nitrogens is 4. The number of ether oxygens (including phenoxy) is 2. The molecule has 1 fully saturated rings. The first-order chi connectivity index (χ1) is 42.1. The van der Waals surface area contributed by atoms with Gasteiger partial charge in [0.2, 0.25) is 41.4 Å². The number of rotatable bonds is 35. The second-order valence-electron chi connectivity index (χ2n) is 19.7. The molecule has 462 valence electrons. The highest BCUT2D eigenvalue weighted by molar-refractivity contribution is 8.00. The molecular formula is C57H71N17O12S. The van der Waals surface area contributed by atoms with Crippen LogP contribution in [0.4, 0.5) is 17.3 Å². The fourth-order valence-electron chi connectivity index (χ4n) is 9.19. The summed E-state index contributed by atoms with van der Waals surface area (Å²) in [7, 11) is 0. The fraction of sp³-hybridized carbons (Fsp3) is 0.404. The Kier molecular flexibility index (Phi) is 25.1. The lowest BCUT2D eigenvalue weighted by molar-refractivity contribution is -0.140. The Labute approximate surface area is 503 Å². The number of thioether (sulfide) groups is 1. The number of carboxylic acids is 1. The maximum absolute atomic E-state index is 13.9. The molecule has 29 nitrogen and oxygen atoms in total. The van der Waals surface area contributed by atoms with Gasteiger partial charge < -0.3 is 68.2 Å². The molecule has 87 heavy (non-hydrogen) atoms. The lowest BCUT2D eigenvalue weighted by Crippen LogP contribution is -2.41. The number of fused-ring (bicyclic) bond motifs is 3. The van der Waals surface area contributed by atoms with Crippen molar-refractivity contribution in [3.63, 3.8) is 0 Å². The molecule has 0 spiro atoms. The maximum Gasteiger partial charge on any atom is 0.326 e. The number of likely N-dealkylation sites (tertiary alicyclic amines) is 1. The molecule has 30 heteroatoms. The second-order valence-corrected chi connectivity index (χ2v) is 21.1. The Morgan fingerprint density at radius 1 is 0.793 bits per heavy atom. The van der Waals surface area contributed by atoms with Gasteiger partial charge in [-0.3, -0.25) is 48.2 Å². The number of carbonyl (C=O) groups is 8. The summed E-state index contributed by atoms with van der Waals surface area (Å²) in [6, 6.07) is 19.8. The zero-order valence-electron chi connectivity index (χ0n) is 47.7. The van der Waals surface area contributed by atoms with Gasteiger partial charge in [0.05, 0.1) is 68.0 Å². The van der Waals surface area contributed by atoms with E-state index in [-0.39, 0.29) is 150 Å². The molecule has 2 aromatic heterocycles. The van der Waals surface area contributed by atoms with Gasteiger partial charge in [-0.2, -0.15) is 10.1 Å². The number of amides is 7. The Morgan fingerprint density at radius 2 is 1.51 bits per heavy atom. The largest absolute Gasteiger partial charge is 0.480 e. The first-order valence-corrected chi connectivity index (χ1v) is 29.2. The number of nitrogens with zero attached hydrogens (tertiary/aromatic N) is 6. The quantitative estimate of drug-likeness (QED) is 0.0152. The Bertz CT molecular complexity index is 3370. The zero-order valence-corrected chi connectivity index (χ0v) is 48.5. The van der Waals surface area contributed by atoms with Gasteiger partial charge >= 0.3 is 5.97 Å². The highest BCUT2D eigenvalue weighted by atomic mass is 32.2. The minimum atomic E-state index is -1.37. The lowest BCUT2D eigenvalue weighted by atomic mass is 9.96. The summed E-state index contributed by atoms with van der Waals surface area (Å²) in [6.45, 7) is 3.67. The number of anilines is 3. The zero-order chi connectivity index (χ0) is 62.1. The first-order valence-electron chi connectivity index (χ1n) is 28.2. The number of carboxylic acid groups (broad SMARTS) is 1. The summed E-state index contributed by atoms with van der Waals surface area (Å²) in [5.74, 6) is -4.02. The molecule has 5 aromatic rings. The summed E-state index contributed by atoms with van der Waals surface area (Å²) in [5, 5.41) is 33.4. The summed E-state index contributed by atoms with van der Waals surface area (Å²) in [4.78, 5) is 132. The van der Waals surface area contributed by atoms with Crippen molar-refractivity contribution >= 4 is 99.0 Å². The van der Waals surface area contributed by atoms with Crippen LogP contribution in [-0.4, -0.2) is 173 Å². The van der Waals surface area contributed by atoms with Crippen LogP contribution in [0.15, 0.2) is 88.9 Å². The van der Waals surface area contributed by atoms with E-state index in [4.69, 9.17) is 26.5 Å². The van der Waals surface area contributed by atoms with E-state index in [9.17, 15) is 48.3 Å². The van der Waals surface area contributed by atoms with E-state index >= 15 is 0 Å². The molecular weight excluding hydrogens is 1150 g/mol. The molecule has 1 saturated heterocycles. The average Bonchev–Trinajstić information content (AvgIpc) is 1.72. The van der Waals surface area contributed by atoms with Crippen molar-refractivity contribution in [3.8, 4) is 0 Å². The SMILES string of the molecule is N=N/C1=C(\NCCNCCN)c2ccccc2N(C(=O)CCNC(=O)CCOCCOCCNC(=O)CCN2C(=O)CC(SCCNC(=O)CC[C@H](NC(=O)c3ccc(NCc4cnc5nc(N)[nH]c(=O)c5n4)cc3)C(=O)O)C2=O)Cc2ccccc21. The summed E-state index contributed by atoms with van der Waals surface area (Å²) in [6.07, 6.45) is 0.926. The number of para-hydroxylation sites is 1. The monoisotopic (exact) mass is 1220 g/mol. The van der Waals surface area contributed by atoms with Gasteiger partial charge in [-0.1, -0.05) is 42.5 Å². The van der Waals surface area contributed by atoms with E-state index in [0.717, 1.165) is 21.6 Å². The van der Waals surface area contributed by atoms with Crippen molar-refractivity contribution in [2.24, 2.45) is 10.8 Å². The van der Waals surface area contributed by atoms with Crippen LogP contribution >= 0.6 is 11.8 Å². The molecule has 2 aliphatic heterocycles. The molecule has 7 amide bonds. The molecule has 0 saturated carbocycles. The molecule has 0 bridgehead atoms. The number of imide groups is 1. The lowest BCUT2D eigenvalue weighted by Gasteiger charge is -2.30. The predicted octanol–water partition coefficient (Wildman–Crippen LogP) is 0.825. The van der Waals surface area contributed by atoms with Crippen LogP contribution in [0.3, 0.4) is 0 Å². The van der Waals surface area contributed by atoms with Gasteiger partial charge in [-0.15, -0.1) is 11.8 Å². The summed E-state index contributed by atoms with van der Waals surface area (Å²) < 4.78 is 11.1. The average molecular weight is 1220 g/mol. The molecule has 1 unspecified atom stereocenters. The van der Waals surface area contributed by atoms with E-state index < -0.39 is 46.4 Å². The number of nitrogens with two attached hydrogens (primary N) is 2. The minimum absolute atomic E-state index is 0.0261. The van der Waals surface area contributed by atoms with E-state index in [0.29, 0.717) is 54.6 Å². The molecule has 7 rings (SSSR count). The van der Waals surface area contributed by atoms with Crippen LogP contribution in [-0.2, 0) is 56.1 Å². The number of hydrogen-bond acceptors (Lipinski definition) is 22. The number of benzene rings is 3. The molecule has 0 radical (unpaired) electrons. The first kappa shape index (κ1) is 65.3. The van der Waals surface area contributed by atoms with Crippen molar-refractivity contribution in [1.82, 2.24) is 56.7 Å². The van der Waals surface area contributed by atoms with Crippen molar-refractivity contribution < 1.29 is 52.9 Å². The van der Waals surface area contributed by atoms with Crippen molar-refractivity contribution in [3.05, 3.63) is 117 Å². The number of aromatic amines is 1. The summed E-state index contributed by atoms with van der Waals surface area (Å²) >= 11 is 1.17. The molecule has 14 N–H and O–H groups in total. The van der Waals surface area contributed by atoms with Gasteiger partial charge in [0.25, 0.3) is 11.5 Å². The van der Waals surface area contributed by atoms with Crippen LogP contribution < -0.4 is 59.1 Å². The van der Waals surface area contributed by atoms with Crippen LogP contribution in [0, 0.1) is 5.53 Å². The van der Waals surface area contributed by atoms with Gasteiger partial charge in [-0.25, -0.2) is 20.3 Å². The number of hydrogen-bond donors (Lipinski definition) is 12. The number of aliphatic carboxylic acids is 1. The Morgan fingerprint density at radius 3 is 2.28 bits per heavy atom. The second kappa shape index (κ2) is 33.5. The van der Waals surface area contributed by atoms with Gasteiger partial charge in [0.1, 0.15) is 11.7 Å². The van der Waals surface area contributed by atoms with Crippen LogP contribution in [0.1, 0.15) is 71.3 Å². The van der Waals surface area contributed by atoms with E-state index in [2.05, 4.69) is 62.3 Å². The van der Waals surface area contributed by atoms with Gasteiger partial charge in [0.15, 0.2) is 11.2 Å². The number of H-pyrrole nitrogens is 1. The highest BCUT2D eigenvalue weighted by Crippen LogP contribution is 2.37. The van der Waals surface area contributed by atoms with Crippen molar-refractivity contribution in [1.29, 1.82) is 5.53 Å². The van der Waals surface area contributed by atoms with E-state index in [1.165, 1.54) is 30.1 Å². The third kappa shape index (κ3) is 19.4. The van der Waals surface area contributed by atoms with E-state index in [1.807, 2.05) is 48.5 Å². The van der Waals surface area contributed by atoms with Crippen molar-refractivity contribution in [2.75, 3.05) is 100 Å². The predicted molar refractivity (Wildman–Crippen MR) is 322 cm³/mol. The summed E-state index contributed by atoms with van der Waals surface area (Å²) in [5.41, 5.74) is 24.1. The van der Waals surface area contributed by atoms with Gasteiger partial charge in [0, 0.05) is 113 Å². The molecule has 2 atom stereocenters. The molecule has 2 aliphatic rings. The smallest absolute Gasteiger partial charge is 0.326 e. The molecule has 0 aliphatic carbocycles. The number of nitrogens with one attached hydrogen (secondary N) is 9. The van der Waals surface area contributed by atoms with Crippen LogP contribution in [0.2, 0.25) is 0 Å². The third-order valence-corrected chi connectivity index (χ3v) is 14.8. The van der Waals surface area contributed by atoms with E-state index in [1.54, 1.807) is 17.0 Å². The van der Waals surface area contributed by atoms with Crippen molar-refractivity contribution in [2.45, 2.75) is 62.9 Å². The standard InChI is InChI=1S/C57H71N17O12S/c58-18-20-61-21-22-65-49-40-7-3-4-8-42(40)74(34-36-5-1-2-6-39(36)50(49)72-60)47(78)15-19-62-46(77)17-26-85-28-29-86-27-23-63-45(76)16-25-73-48(79)31-43(55(73)82)87-30-24-64-44(75)14-13-41(56(83)84)69-53(80)35-9-11-37(12-10-35)66-32-38-33-67-52-51(68-38)54(81)71-57(59)70-52/h1-12,33,41,43,60-61,65-66H,13-32,34,58H2,(H,62,77)(H,63,76)(H,64,75)(H,69,80)(H,83,84)(H3,59,67,70,71,81)/b50-49-,72-60?/t41-,43?/m0/s1. The Hall–Kier alpha value is -9.23. The number of nitrogen functional groups attached to an aromatic ring is 1. The topological polar surface area (TPSA) is 426 Å².